The van der Waals surface area contributed by atoms with Crippen molar-refractivity contribution in [2.45, 2.75) is 25.8 Å². The predicted octanol–water partition coefficient (Wildman–Crippen LogP) is 4.18. The Bertz CT molecular complexity index is 953. The van der Waals surface area contributed by atoms with E-state index in [0.29, 0.717) is 29.6 Å². The predicted molar refractivity (Wildman–Crippen MR) is 122 cm³/mol. The fourth-order valence-corrected chi connectivity index (χ4v) is 4.15. The number of anilines is 1. The van der Waals surface area contributed by atoms with Gasteiger partial charge in [-0.25, -0.2) is 0 Å². The maximum atomic E-state index is 12.7. The smallest absolute Gasteiger partial charge is 0.279 e. The summed E-state index contributed by atoms with van der Waals surface area (Å²) < 4.78 is 10.6. The molecule has 2 aromatic carbocycles. The number of amides is 1. The van der Waals surface area contributed by atoms with Crippen molar-refractivity contribution in [3.63, 3.8) is 0 Å². The second-order valence-electron chi connectivity index (χ2n) is 7.37. The van der Waals surface area contributed by atoms with Gasteiger partial charge >= 0.3 is 0 Å². The first-order valence-corrected chi connectivity index (χ1v) is 10.9. The molecule has 1 aromatic heterocycles. The van der Waals surface area contributed by atoms with Gasteiger partial charge < -0.3 is 20.1 Å². The van der Waals surface area contributed by atoms with Crippen LogP contribution in [0, 0.1) is 0 Å². The van der Waals surface area contributed by atoms with Crippen molar-refractivity contribution in [2.24, 2.45) is 0 Å². The third kappa shape index (κ3) is 5.40. The molecule has 1 heterocycles. The maximum Gasteiger partial charge on any atom is 0.279 e. The quantitative estimate of drug-likeness (QED) is 0.541. The molecule has 0 radical (unpaired) electrons. The van der Waals surface area contributed by atoms with Gasteiger partial charge in [0.15, 0.2) is 6.54 Å². The molecule has 158 valence electrons. The molecule has 0 aliphatic rings. The van der Waals surface area contributed by atoms with Gasteiger partial charge in [0.05, 0.1) is 24.8 Å². The summed E-state index contributed by atoms with van der Waals surface area (Å²) in [5.74, 6) is 1.66. The number of quaternary nitrogens is 1. The lowest BCUT2D eigenvalue weighted by Gasteiger charge is -2.16. The molecule has 5 nitrogen and oxygen atoms in total. The van der Waals surface area contributed by atoms with E-state index in [9.17, 15) is 4.79 Å². The van der Waals surface area contributed by atoms with E-state index >= 15 is 0 Å². The highest BCUT2D eigenvalue weighted by molar-refractivity contribution is 7.10. The van der Waals surface area contributed by atoms with Crippen LogP contribution >= 0.6 is 11.3 Å². The van der Waals surface area contributed by atoms with E-state index in [4.69, 9.17) is 9.47 Å². The SMILES string of the molecule is COc1ccc(NC(=O)C[NH2+][C@H](c2ccc(C(C)C)cc2)c2cccs2)c(OC)c1. The molecule has 6 heteroatoms. The van der Waals surface area contributed by atoms with Crippen molar-refractivity contribution in [1.29, 1.82) is 0 Å². The normalized spacial score (nSPS) is 11.9. The van der Waals surface area contributed by atoms with Gasteiger partial charge in [-0.15, -0.1) is 11.3 Å². The van der Waals surface area contributed by atoms with Gasteiger partial charge in [0, 0.05) is 11.6 Å². The molecule has 1 atom stereocenters. The number of carbonyl (C=O) groups excluding carboxylic acids is 1. The first-order valence-electron chi connectivity index (χ1n) is 10.00. The second kappa shape index (κ2) is 10.3. The largest absolute Gasteiger partial charge is 0.497 e. The first-order chi connectivity index (χ1) is 14.5. The Kier molecular flexibility index (Phi) is 7.49. The van der Waals surface area contributed by atoms with Crippen LogP contribution in [0.15, 0.2) is 60.0 Å². The number of benzene rings is 2. The van der Waals surface area contributed by atoms with Gasteiger partial charge in [-0.05, 0) is 35.1 Å². The number of hydrogen-bond acceptors (Lipinski definition) is 4. The molecule has 0 saturated heterocycles. The zero-order valence-electron chi connectivity index (χ0n) is 17.8. The van der Waals surface area contributed by atoms with Crippen molar-refractivity contribution in [3.8, 4) is 11.5 Å². The van der Waals surface area contributed by atoms with Gasteiger partial charge in [0.1, 0.15) is 17.5 Å². The lowest BCUT2D eigenvalue weighted by molar-refractivity contribution is -0.675. The first kappa shape index (κ1) is 21.9. The molecule has 0 unspecified atom stereocenters. The molecule has 0 saturated carbocycles. The average molecular weight is 426 g/mol. The number of ether oxygens (including phenoxy) is 2. The van der Waals surface area contributed by atoms with E-state index in [1.807, 2.05) is 6.07 Å². The molecule has 0 spiro atoms. The van der Waals surface area contributed by atoms with Crippen LogP contribution in [-0.2, 0) is 4.79 Å². The van der Waals surface area contributed by atoms with Crippen molar-refractivity contribution in [3.05, 3.63) is 76.0 Å². The summed E-state index contributed by atoms with van der Waals surface area (Å²) in [6.07, 6.45) is 0. The van der Waals surface area contributed by atoms with E-state index < -0.39 is 0 Å². The molecular weight excluding hydrogens is 396 g/mol. The standard InChI is InChI=1S/C24H28N2O3S/c1-16(2)17-7-9-18(10-8-17)24(22-6-5-13-30-22)25-15-23(27)26-20-12-11-19(28-3)14-21(20)29-4/h5-14,16,24-25H,15H2,1-4H3,(H,26,27)/p+1/t24-/m1/s1. The molecule has 30 heavy (non-hydrogen) atoms. The molecular formula is C24H29N2O3S+. The summed E-state index contributed by atoms with van der Waals surface area (Å²) in [6.45, 7) is 4.68. The summed E-state index contributed by atoms with van der Waals surface area (Å²) in [5, 5.41) is 7.08. The Balaban J connectivity index is 1.71. The lowest BCUT2D eigenvalue weighted by Crippen LogP contribution is -2.87. The second-order valence-corrected chi connectivity index (χ2v) is 8.35. The Morgan fingerprint density at radius 3 is 2.37 bits per heavy atom. The zero-order valence-corrected chi connectivity index (χ0v) is 18.7. The molecule has 0 aliphatic heterocycles. The highest BCUT2D eigenvalue weighted by Gasteiger charge is 2.21. The summed E-state index contributed by atoms with van der Waals surface area (Å²) in [4.78, 5) is 13.9. The lowest BCUT2D eigenvalue weighted by atomic mass is 9.98. The highest BCUT2D eigenvalue weighted by atomic mass is 32.1. The van der Waals surface area contributed by atoms with Crippen LogP contribution in [0.1, 0.15) is 41.8 Å². The third-order valence-electron chi connectivity index (χ3n) is 5.03. The molecule has 3 rings (SSSR count). The van der Waals surface area contributed by atoms with E-state index in [1.54, 1.807) is 43.8 Å². The fourth-order valence-electron chi connectivity index (χ4n) is 3.30. The maximum absolute atomic E-state index is 12.7. The van der Waals surface area contributed by atoms with Crippen LogP contribution in [0.25, 0.3) is 0 Å². The highest BCUT2D eigenvalue weighted by Crippen LogP contribution is 2.29. The van der Waals surface area contributed by atoms with Crippen LogP contribution in [0.5, 0.6) is 11.5 Å². The average Bonchev–Trinajstić information content (AvgIpc) is 3.29. The number of carbonyl (C=O) groups is 1. The van der Waals surface area contributed by atoms with Gasteiger partial charge in [-0.1, -0.05) is 44.2 Å². The van der Waals surface area contributed by atoms with E-state index in [-0.39, 0.29) is 11.9 Å². The zero-order chi connectivity index (χ0) is 21.5. The Labute approximate surface area is 182 Å². The molecule has 0 fully saturated rings. The Morgan fingerprint density at radius 2 is 1.77 bits per heavy atom. The van der Waals surface area contributed by atoms with E-state index in [1.165, 1.54) is 16.0 Å². The van der Waals surface area contributed by atoms with Crippen molar-refractivity contribution in [2.75, 3.05) is 26.1 Å². The van der Waals surface area contributed by atoms with Crippen LogP contribution in [-0.4, -0.2) is 26.7 Å². The molecule has 0 bridgehead atoms. The van der Waals surface area contributed by atoms with Crippen LogP contribution in [0.4, 0.5) is 5.69 Å². The Morgan fingerprint density at radius 1 is 1.03 bits per heavy atom. The number of nitrogens with two attached hydrogens (primary N) is 1. The van der Waals surface area contributed by atoms with Crippen LogP contribution < -0.4 is 20.1 Å². The fraction of sp³-hybridized carbons (Fsp3) is 0.292. The minimum absolute atomic E-state index is 0.0784. The minimum atomic E-state index is -0.0844. The van der Waals surface area contributed by atoms with Gasteiger partial charge in [-0.2, -0.15) is 0 Å². The van der Waals surface area contributed by atoms with Gasteiger partial charge in [0.2, 0.25) is 0 Å². The minimum Gasteiger partial charge on any atom is -0.497 e. The number of hydrogen-bond donors (Lipinski definition) is 2. The van der Waals surface area contributed by atoms with E-state index in [2.05, 4.69) is 60.2 Å². The monoisotopic (exact) mass is 425 g/mol. The van der Waals surface area contributed by atoms with Crippen molar-refractivity contribution in [1.82, 2.24) is 0 Å². The van der Waals surface area contributed by atoms with Gasteiger partial charge in [0.25, 0.3) is 5.91 Å². The molecule has 3 N–H and O–H groups in total. The number of thiophene rings is 1. The Hall–Kier alpha value is -2.83. The number of nitrogens with one attached hydrogen (secondary N) is 1. The van der Waals surface area contributed by atoms with Crippen molar-refractivity contribution >= 4 is 22.9 Å². The topological polar surface area (TPSA) is 64.2 Å². The third-order valence-corrected chi connectivity index (χ3v) is 5.99. The van der Waals surface area contributed by atoms with Crippen LogP contribution in [0.3, 0.4) is 0 Å². The number of methoxy groups -OCH3 is 2. The molecule has 1 amide bonds. The van der Waals surface area contributed by atoms with Crippen molar-refractivity contribution < 1.29 is 19.6 Å². The van der Waals surface area contributed by atoms with E-state index in [0.717, 1.165) is 0 Å². The van der Waals surface area contributed by atoms with Gasteiger partial charge in [-0.3, -0.25) is 4.79 Å². The molecule has 3 aromatic rings. The summed E-state index contributed by atoms with van der Waals surface area (Å²) in [6, 6.07) is 18.3. The molecule has 0 aliphatic carbocycles. The summed E-state index contributed by atoms with van der Waals surface area (Å²) >= 11 is 1.71. The number of rotatable bonds is 9. The summed E-state index contributed by atoms with van der Waals surface area (Å²) in [7, 11) is 3.17. The van der Waals surface area contributed by atoms with Crippen LogP contribution in [0.2, 0.25) is 0 Å². The summed E-state index contributed by atoms with van der Waals surface area (Å²) in [5.41, 5.74) is 3.13.